The molecule has 4 heteroatoms. The van der Waals surface area contributed by atoms with Crippen LogP contribution in [0.25, 0.3) is 0 Å². The maximum Gasteiger partial charge on any atom is 0.256 e. The summed E-state index contributed by atoms with van der Waals surface area (Å²) in [5, 5.41) is 3.93. The molecule has 1 heterocycles. The lowest BCUT2D eigenvalue weighted by Crippen LogP contribution is -2.41. The molecule has 1 unspecified atom stereocenters. The van der Waals surface area contributed by atoms with E-state index in [1.165, 1.54) is 76.2 Å². The van der Waals surface area contributed by atoms with E-state index in [2.05, 4.69) is 41.7 Å². The van der Waals surface area contributed by atoms with Crippen LogP contribution in [0.4, 0.5) is 0 Å². The molecule has 2 aliphatic rings. The maximum atomic E-state index is 13.2. The van der Waals surface area contributed by atoms with Crippen LogP contribution in [0, 0.1) is 0 Å². The fourth-order valence-corrected chi connectivity index (χ4v) is 5.05. The van der Waals surface area contributed by atoms with Crippen LogP contribution in [0.1, 0.15) is 98.3 Å². The molecule has 0 spiro atoms. The highest BCUT2D eigenvalue weighted by atomic mass is 35.5. The topological polar surface area (TPSA) is 32.3 Å². The fourth-order valence-electron chi connectivity index (χ4n) is 5.05. The third-order valence-corrected chi connectivity index (χ3v) is 6.75. The van der Waals surface area contributed by atoms with Crippen LogP contribution in [0.5, 0.6) is 0 Å². The fraction of sp³-hybridized carbons (Fsp3) is 0.519. The van der Waals surface area contributed by atoms with Gasteiger partial charge in [-0.1, -0.05) is 106 Å². The molecule has 31 heavy (non-hydrogen) atoms. The van der Waals surface area contributed by atoms with E-state index in [0.717, 1.165) is 11.1 Å². The highest BCUT2D eigenvalue weighted by Crippen LogP contribution is 2.34. The van der Waals surface area contributed by atoms with Crippen LogP contribution in [0.3, 0.4) is 0 Å². The van der Waals surface area contributed by atoms with Crippen LogP contribution >= 0.6 is 12.4 Å². The Bertz CT molecular complexity index is 798. The predicted octanol–water partition coefficient (Wildman–Crippen LogP) is 7.03. The average molecular weight is 441 g/mol. The standard InChI is InChI=1S/C27H36N2O.ClH/c30-27-25-20-14-13-19-24(25)26(29(27)21-22-15-9-8-10-16-22)28-23-17-11-6-4-2-1-3-5-7-12-18-23;/h8-10,13-16,19-20,23,26,28H,1-7,11-12,17-18,21H2;1H. The van der Waals surface area contributed by atoms with Gasteiger partial charge in [0, 0.05) is 23.7 Å². The van der Waals surface area contributed by atoms with Gasteiger partial charge in [-0.15, -0.1) is 12.4 Å². The molecule has 1 fully saturated rings. The number of benzene rings is 2. The lowest BCUT2D eigenvalue weighted by Gasteiger charge is -2.31. The van der Waals surface area contributed by atoms with Crippen LogP contribution in [-0.2, 0) is 6.54 Å². The molecule has 0 aromatic heterocycles. The average Bonchev–Trinajstić information content (AvgIpc) is 3.02. The van der Waals surface area contributed by atoms with Crippen molar-refractivity contribution in [3.63, 3.8) is 0 Å². The molecule has 2 aromatic rings. The van der Waals surface area contributed by atoms with Crippen molar-refractivity contribution in [1.82, 2.24) is 10.2 Å². The lowest BCUT2D eigenvalue weighted by atomic mass is 9.97. The third-order valence-electron chi connectivity index (χ3n) is 6.75. The van der Waals surface area contributed by atoms with Crippen molar-refractivity contribution < 1.29 is 4.79 Å². The molecule has 0 radical (unpaired) electrons. The molecule has 1 amide bonds. The minimum atomic E-state index is -0.0215. The number of nitrogens with one attached hydrogen (secondary N) is 1. The van der Waals surface area contributed by atoms with Gasteiger partial charge in [0.05, 0.1) is 0 Å². The van der Waals surface area contributed by atoms with Gasteiger partial charge in [0.2, 0.25) is 0 Å². The smallest absolute Gasteiger partial charge is 0.256 e. The number of amides is 1. The highest BCUT2D eigenvalue weighted by molar-refractivity contribution is 5.99. The second-order valence-corrected chi connectivity index (χ2v) is 9.03. The lowest BCUT2D eigenvalue weighted by molar-refractivity contribution is 0.0658. The molecule has 0 bridgehead atoms. The van der Waals surface area contributed by atoms with Gasteiger partial charge in [-0.2, -0.15) is 0 Å². The van der Waals surface area contributed by atoms with E-state index >= 15 is 0 Å². The number of fused-ring (bicyclic) bond motifs is 1. The minimum Gasteiger partial charge on any atom is -0.315 e. The number of carbonyl (C=O) groups is 1. The van der Waals surface area contributed by atoms with E-state index in [-0.39, 0.29) is 24.5 Å². The van der Waals surface area contributed by atoms with Crippen LogP contribution in [-0.4, -0.2) is 16.8 Å². The molecule has 1 aliphatic carbocycles. The number of halogens is 1. The zero-order chi connectivity index (χ0) is 20.6. The predicted molar refractivity (Wildman–Crippen MR) is 130 cm³/mol. The maximum absolute atomic E-state index is 13.2. The first kappa shape index (κ1) is 23.8. The molecule has 3 nitrogen and oxygen atoms in total. The summed E-state index contributed by atoms with van der Waals surface area (Å²) in [7, 11) is 0. The van der Waals surface area contributed by atoms with Gasteiger partial charge in [-0.25, -0.2) is 0 Å². The van der Waals surface area contributed by atoms with Crippen LogP contribution in [0.15, 0.2) is 54.6 Å². The number of hydrogen-bond acceptors (Lipinski definition) is 2. The van der Waals surface area contributed by atoms with Gasteiger partial charge in [-0.3, -0.25) is 10.1 Å². The number of rotatable bonds is 4. The van der Waals surface area contributed by atoms with Crippen LogP contribution in [0.2, 0.25) is 0 Å². The van der Waals surface area contributed by atoms with Crippen molar-refractivity contribution in [3.05, 3.63) is 71.3 Å². The Kier molecular flexibility index (Phi) is 9.42. The number of nitrogens with zero attached hydrogens (tertiary/aromatic N) is 1. The molecule has 1 saturated carbocycles. The van der Waals surface area contributed by atoms with E-state index in [4.69, 9.17) is 0 Å². The molecule has 168 valence electrons. The molecule has 2 aromatic carbocycles. The van der Waals surface area contributed by atoms with Gasteiger partial charge in [-0.05, 0) is 24.5 Å². The molecular weight excluding hydrogens is 404 g/mol. The van der Waals surface area contributed by atoms with E-state index in [9.17, 15) is 4.79 Å². The largest absolute Gasteiger partial charge is 0.315 e. The summed E-state index contributed by atoms with van der Waals surface area (Å²) in [6, 6.07) is 19.0. The monoisotopic (exact) mass is 440 g/mol. The molecule has 1 aliphatic heterocycles. The summed E-state index contributed by atoms with van der Waals surface area (Å²) in [6.07, 6.45) is 14.6. The third kappa shape index (κ3) is 6.33. The van der Waals surface area contributed by atoms with Crippen molar-refractivity contribution in [3.8, 4) is 0 Å². The van der Waals surface area contributed by atoms with E-state index in [1.54, 1.807) is 0 Å². The molecule has 0 saturated heterocycles. The molecule has 1 N–H and O–H groups in total. The molecule has 4 rings (SSSR count). The van der Waals surface area contributed by atoms with Gasteiger partial charge in [0.25, 0.3) is 5.91 Å². The Balaban J connectivity index is 0.00000272. The van der Waals surface area contributed by atoms with Gasteiger partial charge < -0.3 is 4.90 Å². The van der Waals surface area contributed by atoms with Gasteiger partial charge >= 0.3 is 0 Å². The highest BCUT2D eigenvalue weighted by Gasteiger charge is 2.37. The van der Waals surface area contributed by atoms with Crippen molar-refractivity contribution in [2.24, 2.45) is 0 Å². The Hall–Kier alpha value is -1.84. The van der Waals surface area contributed by atoms with E-state index in [1.807, 2.05) is 23.1 Å². The molecular formula is C27H37ClN2O. The number of carbonyl (C=O) groups excluding carboxylic acids is 1. The zero-order valence-electron chi connectivity index (χ0n) is 18.6. The van der Waals surface area contributed by atoms with Crippen molar-refractivity contribution in [2.75, 3.05) is 0 Å². The summed E-state index contributed by atoms with van der Waals surface area (Å²) >= 11 is 0. The first-order valence-corrected chi connectivity index (χ1v) is 12.0. The summed E-state index contributed by atoms with van der Waals surface area (Å²) in [6.45, 7) is 0.652. The summed E-state index contributed by atoms with van der Waals surface area (Å²) in [5.41, 5.74) is 3.19. The van der Waals surface area contributed by atoms with Crippen LogP contribution < -0.4 is 5.32 Å². The Morgan fingerprint density at radius 3 is 1.94 bits per heavy atom. The van der Waals surface area contributed by atoms with Crippen molar-refractivity contribution >= 4 is 18.3 Å². The van der Waals surface area contributed by atoms with Crippen molar-refractivity contribution in [2.45, 2.75) is 89.4 Å². The quantitative estimate of drug-likeness (QED) is 0.553. The SMILES string of the molecule is Cl.O=C1c2ccccc2C(NC2CCCCCCCCCCC2)N1Cc1ccccc1. The normalized spacial score (nSPS) is 21.0. The van der Waals surface area contributed by atoms with E-state index < -0.39 is 0 Å². The van der Waals surface area contributed by atoms with Crippen molar-refractivity contribution in [1.29, 1.82) is 0 Å². The first-order chi connectivity index (χ1) is 14.8. The summed E-state index contributed by atoms with van der Waals surface area (Å²) < 4.78 is 0. The second-order valence-electron chi connectivity index (χ2n) is 9.03. The summed E-state index contributed by atoms with van der Waals surface area (Å²) in [4.78, 5) is 15.3. The Morgan fingerprint density at radius 2 is 1.29 bits per heavy atom. The van der Waals surface area contributed by atoms with Gasteiger partial charge in [0.15, 0.2) is 0 Å². The zero-order valence-corrected chi connectivity index (χ0v) is 19.4. The van der Waals surface area contributed by atoms with E-state index in [0.29, 0.717) is 12.6 Å². The number of hydrogen-bond donors (Lipinski definition) is 1. The summed E-state index contributed by atoms with van der Waals surface area (Å²) in [5.74, 6) is 0.153. The Labute approximate surface area is 194 Å². The minimum absolute atomic E-state index is 0. The second kappa shape index (κ2) is 12.3. The first-order valence-electron chi connectivity index (χ1n) is 12.0. The van der Waals surface area contributed by atoms with Gasteiger partial charge in [0.1, 0.15) is 6.17 Å². The molecule has 1 atom stereocenters. The Morgan fingerprint density at radius 1 is 0.742 bits per heavy atom.